The molecule has 0 saturated heterocycles. The van der Waals surface area contributed by atoms with Crippen molar-refractivity contribution in [3.8, 4) is 0 Å². The number of Topliss-reactive ketones (excluding diaryl/α,β-unsaturated/α-hetero) is 1. The van der Waals surface area contributed by atoms with Crippen molar-refractivity contribution in [2.45, 2.75) is 86.2 Å². The normalized spacial score (nSPS) is 39.3. The van der Waals surface area contributed by atoms with Crippen LogP contribution in [0.3, 0.4) is 0 Å². The fourth-order valence-electron chi connectivity index (χ4n) is 6.61. The molecule has 0 amide bonds. The number of allylic oxidation sites excluding steroid dienone is 4. The predicted octanol–water partition coefficient (Wildman–Crippen LogP) is 4.98. The number of hydrogen-bond acceptors (Lipinski definition) is 4. The van der Waals surface area contributed by atoms with Crippen molar-refractivity contribution < 1.29 is 24.6 Å². The van der Waals surface area contributed by atoms with Gasteiger partial charge in [-0.1, -0.05) is 53.2 Å². The lowest BCUT2D eigenvalue weighted by molar-refractivity contribution is -0.136. The number of aliphatic hydroxyl groups is 1. The Hall–Kier alpha value is -1.75. The van der Waals surface area contributed by atoms with E-state index in [0.717, 1.165) is 24.8 Å². The summed E-state index contributed by atoms with van der Waals surface area (Å²) in [5.41, 5.74) is 0.771. The zero-order chi connectivity index (χ0) is 23.6. The molecule has 0 aromatic carbocycles. The molecule has 5 heteroatoms. The lowest BCUT2D eigenvalue weighted by atomic mass is 9.54. The highest BCUT2D eigenvalue weighted by Gasteiger charge is 2.59. The second-order valence-corrected chi connectivity index (χ2v) is 10.1. The first kappa shape index (κ1) is 25.5. The van der Waals surface area contributed by atoms with Crippen molar-refractivity contribution in [2.75, 3.05) is 0 Å². The molecular formula is C26H40O5. The summed E-state index contributed by atoms with van der Waals surface area (Å²) in [4.78, 5) is 33.8. The van der Waals surface area contributed by atoms with E-state index in [1.807, 2.05) is 13.0 Å². The van der Waals surface area contributed by atoms with Gasteiger partial charge in [-0.2, -0.15) is 0 Å². The van der Waals surface area contributed by atoms with E-state index in [1.165, 1.54) is 0 Å². The van der Waals surface area contributed by atoms with Crippen molar-refractivity contribution >= 4 is 17.5 Å². The third-order valence-corrected chi connectivity index (χ3v) is 8.27. The topological polar surface area (TPSA) is 91.7 Å². The molecule has 31 heavy (non-hydrogen) atoms. The molecule has 0 bridgehead atoms. The van der Waals surface area contributed by atoms with Crippen LogP contribution >= 0.6 is 0 Å². The minimum absolute atomic E-state index is 0.0533. The molecule has 0 spiro atoms. The van der Waals surface area contributed by atoms with Crippen LogP contribution in [-0.4, -0.2) is 33.9 Å². The average molecular weight is 433 g/mol. The summed E-state index contributed by atoms with van der Waals surface area (Å²) in [6.07, 6.45) is 9.35. The van der Waals surface area contributed by atoms with Crippen LogP contribution in [-0.2, 0) is 14.4 Å². The van der Waals surface area contributed by atoms with E-state index in [9.17, 15) is 19.5 Å². The maximum atomic E-state index is 12.6. The van der Waals surface area contributed by atoms with Crippen LogP contribution in [0.1, 0.15) is 80.1 Å². The van der Waals surface area contributed by atoms with E-state index in [4.69, 9.17) is 5.11 Å². The van der Waals surface area contributed by atoms with Gasteiger partial charge in [-0.3, -0.25) is 14.4 Å². The smallest absolute Gasteiger partial charge is 0.303 e. The third-order valence-electron chi connectivity index (χ3n) is 8.27. The van der Waals surface area contributed by atoms with Crippen molar-refractivity contribution in [3.63, 3.8) is 0 Å². The van der Waals surface area contributed by atoms with E-state index in [2.05, 4.69) is 27.7 Å². The molecule has 0 aromatic heterocycles. The monoisotopic (exact) mass is 432 g/mol. The standard InChI is InChI=1S/C23H34O3.C3H6O2/c1-6-15-11-17(24)8-9-22(15,4)18-12-16-10-14(3)21(19(25)7-2)23(16,5)13-20(18)26;1-2-3(4)5/h8-9,11,14,16,18,20-21,26H,6-7,10,12-13H2,1-5H3;2H2,1H3,(H,4,5). The Labute approximate surface area is 187 Å². The minimum atomic E-state index is -0.745. The lowest BCUT2D eigenvalue weighted by Crippen LogP contribution is -2.49. The van der Waals surface area contributed by atoms with Gasteiger partial charge in [0.25, 0.3) is 0 Å². The number of carbonyl (C=O) groups excluding carboxylic acids is 2. The first-order valence-corrected chi connectivity index (χ1v) is 11.8. The molecule has 2 fully saturated rings. The highest BCUT2D eigenvalue weighted by atomic mass is 16.4. The SMILES string of the molecule is CCC(=O)C1C(C)CC2CC(C3(C)C=CC(=O)C=C3CC)C(O)CC21C.CCC(=O)O. The Morgan fingerprint density at radius 3 is 2.26 bits per heavy atom. The molecule has 3 aliphatic rings. The third kappa shape index (κ3) is 4.87. The summed E-state index contributed by atoms with van der Waals surface area (Å²) < 4.78 is 0. The second-order valence-electron chi connectivity index (χ2n) is 10.1. The number of fused-ring (bicyclic) bond motifs is 1. The maximum absolute atomic E-state index is 12.6. The van der Waals surface area contributed by atoms with Crippen LogP contribution in [0.4, 0.5) is 0 Å². The van der Waals surface area contributed by atoms with E-state index in [-0.39, 0.29) is 34.9 Å². The molecule has 0 aromatic rings. The Balaban J connectivity index is 0.000000614. The highest BCUT2D eigenvalue weighted by molar-refractivity contribution is 6.01. The molecule has 2 saturated carbocycles. The zero-order valence-electron chi connectivity index (χ0n) is 20.0. The van der Waals surface area contributed by atoms with Gasteiger partial charge in [-0.15, -0.1) is 0 Å². The van der Waals surface area contributed by atoms with Gasteiger partial charge in [0.05, 0.1) is 6.10 Å². The second kappa shape index (κ2) is 9.81. The van der Waals surface area contributed by atoms with Crippen LogP contribution in [0.5, 0.6) is 0 Å². The van der Waals surface area contributed by atoms with Crippen molar-refractivity contribution in [2.24, 2.45) is 34.5 Å². The van der Waals surface area contributed by atoms with Gasteiger partial charge in [-0.25, -0.2) is 0 Å². The molecule has 3 rings (SSSR count). The number of rotatable bonds is 5. The van der Waals surface area contributed by atoms with Crippen molar-refractivity contribution in [3.05, 3.63) is 23.8 Å². The highest BCUT2D eigenvalue weighted by Crippen LogP contribution is 2.62. The maximum Gasteiger partial charge on any atom is 0.303 e. The number of aliphatic carboxylic acids is 1. The van der Waals surface area contributed by atoms with Crippen LogP contribution in [0.15, 0.2) is 23.8 Å². The minimum Gasteiger partial charge on any atom is -0.481 e. The number of aliphatic hydroxyl groups excluding tert-OH is 1. The van der Waals surface area contributed by atoms with Gasteiger partial charge < -0.3 is 10.2 Å². The van der Waals surface area contributed by atoms with E-state index >= 15 is 0 Å². The first-order chi connectivity index (χ1) is 14.4. The Morgan fingerprint density at radius 1 is 1.13 bits per heavy atom. The van der Waals surface area contributed by atoms with Crippen LogP contribution < -0.4 is 0 Å². The van der Waals surface area contributed by atoms with Crippen molar-refractivity contribution in [1.29, 1.82) is 0 Å². The van der Waals surface area contributed by atoms with Crippen LogP contribution in [0.25, 0.3) is 0 Å². The fourth-order valence-corrected chi connectivity index (χ4v) is 6.61. The van der Waals surface area contributed by atoms with Gasteiger partial charge in [0.2, 0.25) is 0 Å². The molecule has 7 unspecified atom stereocenters. The molecular weight excluding hydrogens is 392 g/mol. The molecule has 0 aliphatic heterocycles. The summed E-state index contributed by atoms with van der Waals surface area (Å²) >= 11 is 0. The summed E-state index contributed by atoms with van der Waals surface area (Å²) in [6.45, 7) is 12.3. The first-order valence-electron chi connectivity index (χ1n) is 11.8. The molecule has 2 N–H and O–H groups in total. The Morgan fingerprint density at radius 2 is 1.74 bits per heavy atom. The summed E-state index contributed by atoms with van der Waals surface area (Å²) in [7, 11) is 0. The predicted molar refractivity (Wildman–Crippen MR) is 121 cm³/mol. The zero-order valence-corrected chi connectivity index (χ0v) is 20.0. The number of ketones is 2. The summed E-state index contributed by atoms with van der Waals surface area (Å²) in [5.74, 6) is 0.705. The Bertz CT molecular complexity index is 766. The quantitative estimate of drug-likeness (QED) is 0.639. The average Bonchev–Trinajstić information content (AvgIpc) is 2.97. The number of carbonyl (C=O) groups is 3. The van der Waals surface area contributed by atoms with Gasteiger partial charge in [0, 0.05) is 24.2 Å². The number of carboxylic acid groups (broad SMARTS) is 1. The largest absolute Gasteiger partial charge is 0.481 e. The molecule has 5 nitrogen and oxygen atoms in total. The van der Waals surface area contributed by atoms with Gasteiger partial charge in [0.1, 0.15) is 5.78 Å². The van der Waals surface area contributed by atoms with Crippen LogP contribution in [0.2, 0.25) is 0 Å². The van der Waals surface area contributed by atoms with Crippen LogP contribution in [0, 0.1) is 34.5 Å². The van der Waals surface area contributed by atoms with Crippen molar-refractivity contribution in [1.82, 2.24) is 0 Å². The summed E-state index contributed by atoms with van der Waals surface area (Å²) in [6, 6.07) is 0. The Kier molecular flexibility index (Phi) is 8.07. The summed E-state index contributed by atoms with van der Waals surface area (Å²) in [5, 5.41) is 18.9. The van der Waals surface area contributed by atoms with E-state index in [0.29, 0.717) is 30.5 Å². The molecule has 0 radical (unpaired) electrons. The fraction of sp³-hybridized carbons (Fsp3) is 0.731. The molecule has 3 aliphatic carbocycles. The number of carboxylic acids is 1. The van der Waals surface area contributed by atoms with Gasteiger partial charge in [0.15, 0.2) is 5.78 Å². The van der Waals surface area contributed by atoms with Gasteiger partial charge in [-0.05, 0) is 61.0 Å². The van der Waals surface area contributed by atoms with Gasteiger partial charge >= 0.3 is 5.97 Å². The molecule has 174 valence electrons. The number of hydrogen-bond donors (Lipinski definition) is 2. The molecule has 0 heterocycles. The van der Waals surface area contributed by atoms with E-state index < -0.39 is 12.1 Å². The molecule has 7 atom stereocenters. The van der Waals surface area contributed by atoms with E-state index in [1.54, 1.807) is 19.1 Å². The lowest BCUT2D eigenvalue weighted by Gasteiger charge is -2.51.